The van der Waals surface area contributed by atoms with E-state index in [1.807, 2.05) is 6.92 Å². The molecule has 1 nitrogen and oxygen atoms in total. The minimum absolute atomic E-state index is 0.102. The molecule has 0 spiro atoms. The van der Waals surface area contributed by atoms with Gasteiger partial charge in [-0.15, -0.1) is 0 Å². The zero-order chi connectivity index (χ0) is 9.90. The van der Waals surface area contributed by atoms with Crippen molar-refractivity contribution in [2.24, 2.45) is 11.3 Å². The van der Waals surface area contributed by atoms with Gasteiger partial charge in [-0.25, -0.2) is 0 Å². The van der Waals surface area contributed by atoms with E-state index in [0.29, 0.717) is 5.41 Å². The van der Waals surface area contributed by atoms with E-state index < -0.39 is 0 Å². The van der Waals surface area contributed by atoms with Crippen molar-refractivity contribution >= 4 is 0 Å². The third kappa shape index (κ3) is 4.12. The first-order valence-corrected chi connectivity index (χ1v) is 5.68. The lowest BCUT2D eigenvalue weighted by atomic mass is 9.72. The van der Waals surface area contributed by atoms with Gasteiger partial charge in [-0.1, -0.05) is 13.8 Å². The van der Waals surface area contributed by atoms with Crippen LogP contribution >= 0.6 is 0 Å². The van der Waals surface area contributed by atoms with E-state index in [9.17, 15) is 5.11 Å². The SMILES string of the molecule is CC(O)CCC1CCC(C)(C)CC1. The normalized spacial score (nSPS) is 25.8. The van der Waals surface area contributed by atoms with Crippen molar-refractivity contribution in [2.45, 2.75) is 65.4 Å². The molecule has 78 valence electrons. The van der Waals surface area contributed by atoms with Gasteiger partial charge in [0.25, 0.3) is 0 Å². The average Bonchev–Trinajstić information content (AvgIpc) is 2.02. The highest BCUT2D eigenvalue weighted by Crippen LogP contribution is 2.39. The average molecular weight is 184 g/mol. The molecule has 1 atom stereocenters. The molecule has 0 amide bonds. The lowest BCUT2D eigenvalue weighted by Gasteiger charge is -2.34. The van der Waals surface area contributed by atoms with Gasteiger partial charge in [0, 0.05) is 0 Å². The number of aliphatic hydroxyl groups excluding tert-OH is 1. The molecule has 1 aliphatic rings. The van der Waals surface area contributed by atoms with Gasteiger partial charge in [-0.2, -0.15) is 0 Å². The van der Waals surface area contributed by atoms with E-state index in [1.165, 1.54) is 32.1 Å². The highest BCUT2D eigenvalue weighted by molar-refractivity contribution is 4.78. The summed E-state index contributed by atoms with van der Waals surface area (Å²) in [5, 5.41) is 9.19. The van der Waals surface area contributed by atoms with Gasteiger partial charge in [0.2, 0.25) is 0 Å². The molecule has 13 heavy (non-hydrogen) atoms. The fourth-order valence-corrected chi connectivity index (χ4v) is 2.22. The summed E-state index contributed by atoms with van der Waals surface area (Å²) in [7, 11) is 0. The predicted octanol–water partition coefficient (Wildman–Crippen LogP) is 3.36. The second-order valence-corrected chi connectivity index (χ2v) is 5.53. The van der Waals surface area contributed by atoms with Crippen LogP contribution in [0, 0.1) is 11.3 Å². The van der Waals surface area contributed by atoms with E-state index in [-0.39, 0.29) is 6.10 Å². The van der Waals surface area contributed by atoms with Crippen LogP contribution in [0.5, 0.6) is 0 Å². The Labute approximate surface area is 82.5 Å². The van der Waals surface area contributed by atoms with Crippen LogP contribution in [0.25, 0.3) is 0 Å². The van der Waals surface area contributed by atoms with Gasteiger partial charge in [-0.05, 0) is 56.8 Å². The number of aliphatic hydroxyl groups is 1. The first-order valence-electron chi connectivity index (χ1n) is 5.68. The Hall–Kier alpha value is -0.0400. The van der Waals surface area contributed by atoms with Crippen molar-refractivity contribution in [1.82, 2.24) is 0 Å². The van der Waals surface area contributed by atoms with Crippen molar-refractivity contribution in [3.8, 4) is 0 Å². The third-order valence-corrected chi connectivity index (χ3v) is 3.45. The van der Waals surface area contributed by atoms with Crippen LogP contribution < -0.4 is 0 Å². The number of rotatable bonds is 3. The predicted molar refractivity (Wildman–Crippen MR) is 56.7 cm³/mol. The molecular formula is C12H24O. The van der Waals surface area contributed by atoms with Crippen LogP contribution in [-0.4, -0.2) is 11.2 Å². The quantitative estimate of drug-likeness (QED) is 0.713. The molecule has 0 aliphatic heterocycles. The monoisotopic (exact) mass is 184 g/mol. The molecule has 1 heteroatoms. The van der Waals surface area contributed by atoms with Crippen LogP contribution in [0.4, 0.5) is 0 Å². The summed E-state index contributed by atoms with van der Waals surface area (Å²) in [4.78, 5) is 0. The van der Waals surface area contributed by atoms with Gasteiger partial charge < -0.3 is 5.11 Å². The molecule has 0 aromatic rings. The van der Waals surface area contributed by atoms with Crippen molar-refractivity contribution in [3.63, 3.8) is 0 Å². The Kier molecular flexibility index (Phi) is 3.78. The highest BCUT2D eigenvalue weighted by atomic mass is 16.3. The number of hydrogen-bond donors (Lipinski definition) is 1. The summed E-state index contributed by atoms with van der Waals surface area (Å²) >= 11 is 0. The second-order valence-electron chi connectivity index (χ2n) is 5.53. The van der Waals surface area contributed by atoms with Crippen molar-refractivity contribution in [3.05, 3.63) is 0 Å². The standard InChI is InChI=1S/C12H24O/c1-10(13)4-5-11-6-8-12(2,3)9-7-11/h10-11,13H,4-9H2,1-3H3. The van der Waals surface area contributed by atoms with Crippen LogP contribution in [-0.2, 0) is 0 Å². The van der Waals surface area contributed by atoms with E-state index in [4.69, 9.17) is 0 Å². The molecule has 0 aromatic heterocycles. The van der Waals surface area contributed by atoms with Crippen molar-refractivity contribution < 1.29 is 5.11 Å². The summed E-state index contributed by atoms with van der Waals surface area (Å²) < 4.78 is 0. The molecule has 0 aromatic carbocycles. The molecule has 0 saturated heterocycles. The summed E-state index contributed by atoms with van der Waals surface area (Å²) in [5.41, 5.74) is 0.585. The lowest BCUT2D eigenvalue weighted by Crippen LogP contribution is -2.21. The largest absolute Gasteiger partial charge is 0.393 e. The fourth-order valence-electron chi connectivity index (χ4n) is 2.22. The Morgan fingerprint density at radius 3 is 2.31 bits per heavy atom. The van der Waals surface area contributed by atoms with Crippen LogP contribution in [0.2, 0.25) is 0 Å². The maximum atomic E-state index is 9.19. The molecule has 1 N–H and O–H groups in total. The summed E-state index contributed by atoms with van der Waals surface area (Å²) in [5.74, 6) is 0.891. The Balaban J connectivity index is 2.18. The topological polar surface area (TPSA) is 20.2 Å². The Bertz CT molecular complexity index is 136. The Morgan fingerprint density at radius 2 is 1.85 bits per heavy atom. The maximum Gasteiger partial charge on any atom is 0.0512 e. The van der Waals surface area contributed by atoms with E-state index in [0.717, 1.165) is 12.3 Å². The van der Waals surface area contributed by atoms with Gasteiger partial charge >= 0.3 is 0 Å². The van der Waals surface area contributed by atoms with Crippen LogP contribution in [0.15, 0.2) is 0 Å². The Morgan fingerprint density at radius 1 is 1.31 bits per heavy atom. The highest BCUT2D eigenvalue weighted by Gasteiger charge is 2.26. The summed E-state index contributed by atoms with van der Waals surface area (Å²) in [6, 6.07) is 0. The fraction of sp³-hybridized carbons (Fsp3) is 1.00. The molecule has 1 unspecified atom stereocenters. The van der Waals surface area contributed by atoms with E-state index >= 15 is 0 Å². The first kappa shape index (κ1) is 11.0. The minimum atomic E-state index is -0.102. The molecule has 1 saturated carbocycles. The van der Waals surface area contributed by atoms with Crippen molar-refractivity contribution in [1.29, 1.82) is 0 Å². The van der Waals surface area contributed by atoms with Gasteiger partial charge in [0.15, 0.2) is 0 Å². The van der Waals surface area contributed by atoms with Gasteiger partial charge in [0.1, 0.15) is 0 Å². The molecule has 1 rings (SSSR count). The van der Waals surface area contributed by atoms with Gasteiger partial charge in [0.05, 0.1) is 6.10 Å². The molecule has 0 radical (unpaired) electrons. The molecule has 1 fully saturated rings. The molecule has 0 heterocycles. The zero-order valence-electron chi connectivity index (χ0n) is 9.34. The molecule has 1 aliphatic carbocycles. The summed E-state index contributed by atoms with van der Waals surface area (Å²) in [6.45, 7) is 6.64. The molecule has 0 bridgehead atoms. The smallest absolute Gasteiger partial charge is 0.0512 e. The van der Waals surface area contributed by atoms with Crippen LogP contribution in [0.1, 0.15) is 59.3 Å². The first-order chi connectivity index (χ1) is 5.99. The van der Waals surface area contributed by atoms with E-state index in [1.54, 1.807) is 0 Å². The minimum Gasteiger partial charge on any atom is -0.393 e. The maximum absolute atomic E-state index is 9.19. The lowest BCUT2D eigenvalue weighted by molar-refractivity contribution is 0.145. The zero-order valence-corrected chi connectivity index (χ0v) is 9.34. The van der Waals surface area contributed by atoms with Crippen molar-refractivity contribution in [2.75, 3.05) is 0 Å². The number of hydrogen-bond acceptors (Lipinski definition) is 1. The second kappa shape index (κ2) is 4.45. The van der Waals surface area contributed by atoms with Gasteiger partial charge in [-0.3, -0.25) is 0 Å². The summed E-state index contributed by atoms with van der Waals surface area (Å²) in [6.07, 6.45) is 7.61. The van der Waals surface area contributed by atoms with E-state index in [2.05, 4.69) is 13.8 Å². The van der Waals surface area contributed by atoms with Crippen LogP contribution in [0.3, 0.4) is 0 Å². The molecular weight excluding hydrogens is 160 g/mol. The third-order valence-electron chi connectivity index (χ3n) is 3.45.